The maximum atomic E-state index is 4.62. The van der Waals surface area contributed by atoms with E-state index in [9.17, 15) is 0 Å². The summed E-state index contributed by atoms with van der Waals surface area (Å²) >= 11 is 1.70. The molecular weight excluding hydrogens is 244 g/mol. The van der Waals surface area contributed by atoms with Crippen LogP contribution in [0.25, 0.3) is 0 Å². The van der Waals surface area contributed by atoms with Crippen molar-refractivity contribution in [3.63, 3.8) is 0 Å². The van der Waals surface area contributed by atoms with E-state index in [4.69, 9.17) is 0 Å². The molecule has 3 rings (SSSR count). The van der Waals surface area contributed by atoms with E-state index in [1.54, 1.807) is 24.0 Å². The summed E-state index contributed by atoms with van der Waals surface area (Å²) in [5.41, 5.74) is 2.36. The molecule has 1 aromatic carbocycles. The fourth-order valence-electron chi connectivity index (χ4n) is 1.76. The van der Waals surface area contributed by atoms with Crippen LogP contribution in [-0.4, -0.2) is 19.7 Å². The number of thiazole rings is 1. The molecule has 4 nitrogen and oxygen atoms in total. The highest BCUT2D eigenvalue weighted by Gasteiger charge is 2.03. The van der Waals surface area contributed by atoms with Gasteiger partial charge in [-0.1, -0.05) is 30.3 Å². The van der Waals surface area contributed by atoms with Crippen LogP contribution in [-0.2, 0) is 13.0 Å². The summed E-state index contributed by atoms with van der Waals surface area (Å²) in [6, 6.07) is 10.4. The van der Waals surface area contributed by atoms with Crippen molar-refractivity contribution in [3.8, 4) is 0 Å². The minimum absolute atomic E-state index is 0.734. The average Bonchev–Trinajstić information content (AvgIpc) is 3.03. The van der Waals surface area contributed by atoms with E-state index >= 15 is 0 Å². The first kappa shape index (κ1) is 11.1. The Hall–Kier alpha value is -2.01. The second-order valence-corrected chi connectivity index (χ2v) is 4.97. The van der Waals surface area contributed by atoms with Crippen molar-refractivity contribution in [1.29, 1.82) is 0 Å². The van der Waals surface area contributed by atoms with Crippen molar-refractivity contribution in [2.45, 2.75) is 13.0 Å². The number of nitrogens with zero attached hydrogens (tertiary/aromatic N) is 4. The van der Waals surface area contributed by atoms with E-state index in [0.29, 0.717) is 0 Å². The number of benzene rings is 1. The molecule has 0 aliphatic carbocycles. The minimum atomic E-state index is 0.734. The van der Waals surface area contributed by atoms with E-state index in [-0.39, 0.29) is 0 Å². The van der Waals surface area contributed by atoms with Gasteiger partial charge in [-0.25, -0.2) is 4.98 Å². The molecule has 0 amide bonds. The van der Waals surface area contributed by atoms with Gasteiger partial charge in [0.15, 0.2) is 0 Å². The zero-order chi connectivity index (χ0) is 12.2. The van der Waals surface area contributed by atoms with Crippen LogP contribution < -0.4 is 0 Å². The van der Waals surface area contributed by atoms with Gasteiger partial charge in [0, 0.05) is 11.8 Å². The molecular formula is C13H12N4S. The number of rotatable bonds is 4. The maximum Gasteiger partial charge on any atom is 0.119 e. The first-order chi connectivity index (χ1) is 8.90. The molecule has 0 saturated carbocycles. The Morgan fingerprint density at radius 2 is 1.83 bits per heavy atom. The zero-order valence-corrected chi connectivity index (χ0v) is 10.5. The van der Waals surface area contributed by atoms with Gasteiger partial charge in [0.05, 0.1) is 17.2 Å². The first-order valence-corrected chi connectivity index (χ1v) is 6.58. The smallest absolute Gasteiger partial charge is 0.119 e. The molecule has 2 aromatic heterocycles. The molecule has 0 unspecified atom stereocenters. The first-order valence-electron chi connectivity index (χ1n) is 5.70. The lowest BCUT2D eigenvalue weighted by Crippen LogP contribution is -1.97. The summed E-state index contributed by atoms with van der Waals surface area (Å²) in [5, 5.41) is 10.8. The molecule has 0 aliphatic heterocycles. The lowest BCUT2D eigenvalue weighted by molar-refractivity contribution is 0.772. The van der Waals surface area contributed by atoms with Gasteiger partial charge in [0.2, 0.25) is 0 Å². The van der Waals surface area contributed by atoms with Crippen LogP contribution >= 0.6 is 11.3 Å². The Bertz CT molecular complexity index is 601. The highest BCUT2D eigenvalue weighted by Crippen LogP contribution is 2.15. The monoisotopic (exact) mass is 256 g/mol. The summed E-state index contributed by atoms with van der Waals surface area (Å²) in [4.78, 5) is 4.62. The minimum Gasteiger partial charge on any atom is -0.314 e. The van der Waals surface area contributed by atoms with Crippen LogP contribution in [0.5, 0.6) is 0 Å². The third-order valence-electron chi connectivity index (χ3n) is 2.61. The van der Waals surface area contributed by atoms with Gasteiger partial charge in [0.25, 0.3) is 0 Å². The summed E-state index contributed by atoms with van der Waals surface area (Å²) in [5.74, 6) is 0. The highest BCUT2D eigenvalue weighted by molar-refractivity contribution is 7.09. The van der Waals surface area contributed by atoms with E-state index in [1.165, 1.54) is 5.56 Å². The largest absolute Gasteiger partial charge is 0.314 e. The Labute approximate surface area is 109 Å². The summed E-state index contributed by atoms with van der Waals surface area (Å²) in [6.07, 6.45) is 4.31. The van der Waals surface area contributed by atoms with E-state index in [2.05, 4.69) is 44.8 Å². The van der Waals surface area contributed by atoms with Gasteiger partial charge in [-0.05, 0) is 5.56 Å². The fourth-order valence-corrected chi connectivity index (χ4v) is 2.58. The topological polar surface area (TPSA) is 43.6 Å². The van der Waals surface area contributed by atoms with E-state index in [1.807, 2.05) is 10.6 Å². The Kier molecular flexibility index (Phi) is 3.14. The van der Waals surface area contributed by atoms with Crippen molar-refractivity contribution in [1.82, 2.24) is 19.7 Å². The van der Waals surface area contributed by atoms with Crippen LogP contribution in [0.3, 0.4) is 0 Å². The van der Waals surface area contributed by atoms with Gasteiger partial charge in [-0.3, -0.25) is 0 Å². The fraction of sp³-hybridized carbons (Fsp3) is 0.154. The summed E-state index contributed by atoms with van der Waals surface area (Å²) in [7, 11) is 0. The number of hydrogen-bond acceptors (Lipinski definition) is 4. The molecule has 0 aliphatic rings. The number of aromatic nitrogens is 4. The van der Waals surface area contributed by atoms with Crippen molar-refractivity contribution < 1.29 is 0 Å². The van der Waals surface area contributed by atoms with Crippen LogP contribution in [0, 0.1) is 0 Å². The predicted octanol–water partition coefficient (Wildman–Crippen LogP) is 2.37. The molecule has 90 valence electrons. The normalized spacial score (nSPS) is 10.7. The molecule has 0 atom stereocenters. The molecule has 18 heavy (non-hydrogen) atoms. The van der Waals surface area contributed by atoms with Crippen LogP contribution in [0.15, 0.2) is 48.4 Å². The molecule has 0 N–H and O–H groups in total. The predicted molar refractivity (Wildman–Crippen MR) is 70.5 cm³/mol. The lowest BCUT2D eigenvalue weighted by atomic mass is 10.2. The van der Waals surface area contributed by atoms with Crippen molar-refractivity contribution >= 4 is 11.3 Å². The van der Waals surface area contributed by atoms with Gasteiger partial charge in [-0.2, -0.15) is 0 Å². The van der Waals surface area contributed by atoms with Gasteiger partial charge < -0.3 is 4.57 Å². The second-order valence-electron chi connectivity index (χ2n) is 4.03. The molecule has 0 fully saturated rings. The molecule has 2 heterocycles. The quantitative estimate of drug-likeness (QED) is 0.720. The molecule has 5 heteroatoms. The van der Waals surface area contributed by atoms with Gasteiger partial charge in [0.1, 0.15) is 12.7 Å². The SMILES string of the molecule is c1ccc(Cc2nc(Cn3cnnc3)cs2)cc1. The Morgan fingerprint density at radius 1 is 1.06 bits per heavy atom. The Balaban J connectivity index is 1.70. The highest BCUT2D eigenvalue weighted by atomic mass is 32.1. The molecule has 0 spiro atoms. The van der Waals surface area contributed by atoms with E-state index < -0.39 is 0 Å². The van der Waals surface area contributed by atoms with Crippen LogP contribution in [0.1, 0.15) is 16.3 Å². The third kappa shape index (κ3) is 2.62. The third-order valence-corrected chi connectivity index (χ3v) is 3.51. The lowest BCUT2D eigenvalue weighted by Gasteiger charge is -1.97. The molecule has 0 radical (unpaired) electrons. The van der Waals surface area contributed by atoms with Crippen molar-refractivity contribution in [3.05, 3.63) is 64.6 Å². The van der Waals surface area contributed by atoms with Crippen LogP contribution in [0.2, 0.25) is 0 Å². The van der Waals surface area contributed by atoms with Gasteiger partial charge >= 0.3 is 0 Å². The summed E-state index contributed by atoms with van der Waals surface area (Å²) in [6.45, 7) is 0.734. The van der Waals surface area contributed by atoms with Crippen molar-refractivity contribution in [2.24, 2.45) is 0 Å². The average molecular weight is 256 g/mol. The Morgan fingerprint density at radius 3 is 2.61 bits per heavy atom. The summed E-state index contributed by atoms with van der Waals surface area (Å²) < 4.78 is 1.92. The van der Waals surface area contributed by atoms with Crippen LogP contribution in [0.4, 0.5) is 0 Å². The maximum absolute atomic E-state index is 4.62. The molecule has 3 aromatic rings. The molecule has 0 saturated heterocycles. The van der Waals surface area contributed by atoms with Gasteiger partial charge in [-0.15, -0.1) is 21.5 Å². The molecule has 0 bridgehead atoms. The second kappa shape index (κ2) is 5.10. The van der Waals surface area contributed by atoms with E-state index in [0.717, 1.165) is 23.7 Å². The number of hydrogen-bond donors (Lipinski definition) is 0. The van der Waals surface area contributed by atoms with Crippen molar-refractivity contribution in [2.75, 3.05) is 0 Å². The standard InChI is InChI=1S/C13H12N4S/c1-2-4-11(5-3-1)6-13-16-12(8-18-13)7-17-9-14-15-10-17/h1-5,8-10H,6-7H2. The zero-order valence-electron chi connectivity index (χ0n) is 9.73.